The van der Waals surface area contributed by atoms with E-state index in [2.05, 4.69) is 4.74 Å². The average Bonchev–Trinajstić information content (AvgIpc) is 1.96. The molecule has 0 amide bonds. The van der Waals surface area contributed by atoms with Gasteiger partial charge in [-0.15, -0.1) is 0 Å². The monoisotopic (exact) mass is 211 g/mol. The van der Waals surface area contributed by atoms with Gasteiger partial charge in [0.05, 0.1) is 7.11 Å². The number of carbonyl (C=O) groups is 1. The zero-order chi connectivity index (χ0) is 10.6. The van der Waals surface area contributed by atoms with Crippen molar-refractivity contribution in [3.8, 4) is 0 Å². The van der Waals surface area contributed by atoms with E-state index in [1.165, 1.54) is 7.11 Å². The molecular weight excluding hydrogens is 197 g/mol. The minimum Gasteiger partial charge on any atom is -0.468 e. The third kappa shape index (κ3) is 5.00. The van der Waals surface area contributed by atoms with E-state index in [0.29, 0.717) is 0 Å². The quantitative estimate of drug-likeness (QED) is 0.442. The van der Waals surface area contributed by atoms with Crippen molar-refractivity contribution in [2.45, 2.75) is 19.9 Å². The van der Waals surface area contributed by atoms with Gasteiger partial charge < -0.3 is 14.5 Å². The molecule has 13 heavy (non-hydrogen) atoms. The van der Waals surface area contributed by atoms with Crippen molar-refractivity contribution in [2.75, 3.05) is 7.11 Å². The minimum atomic E-state index is -4.39. The van der Waals surface area contributed by atoms with Crippen LogP contribution in [0, 0.1) is 5.92 Å². The van der Waals surface area contributed by atoms with E-state index in [4.69, 9.17) is 9.79 Å². The summed E-state index contributed by atoms with van der Waals surface area (Å²) in [4.78, 5) is 28.2. The van der Waals surface area contributed by atoms with E-state index in [9.17, 15) is 9.36 Å². The fourth-order valence-corrected chi connectivity index (χ4v) is 1.55. The van der Waals surface area contributed by atoms with E-state index in [1.54, 1.807) is 13.8 Å². The van der Waals surface area contributed by atoms with Crippen molar-refractivity contribution in [1.29, 1.82) is 0 Å². The first kappa shape index (κ1) is 12.6. The predicted molar refractivity (Wildman–Crippen MR) is 45.8 cm³/mol. The van der Waals surface area contributed by atoms with Crippen LogP contribution in [0.1, 0.15) is 13.8 Å². The number of ether oxygens (including phenoxy) is 1. The lowest BCUT2D eigenvalue weighted by molar-refractivity contribution is -0.143. The SMILES string of the molecule is COC(=O)[C@@H](NP(=O)(O)O)C(C)C. The molecule has 0 aromatic rings. The highest BCUT2D eigenvalue weighted by molar-refractivity contribution is 7.49. The summed E-state index contributed by atoms with van der Waals surface area (Å²) >= 11 is 0. The number of carbonyl (C=O) groups excluding carboxylic acids is 1. The Morgan fingerprint density at radius 2 is 1.92 bits per heavy atom. The normalized spacial score (nSPS) is 14.3. The maximum Gasteiger partial charge on any atom is 0.401 e. The number of esters is 1. The maximum absolute atomic E-state index is 11.0. The van der Waals surface area contributed by atoms with Gasteiger partial charge in [-0.1, -0.05) is 13.8 Å². The number of nitrogens with one attached hydrogen (secondary N) is 1. The van der Waals surface area contributed by atoms with Crippen molar-refractivity contribution >= 4 is 13.7 Å². The van der Waals surface area contributed by atoms with Crippen LogP contribution in [-0.2, 0) is 14.1 Å². The average molecular weight is 211 g/mol. The summed E-state index contributed by atoms with van der Waals surface area (Å²) in [6, 6.07) is -0.981. The van der Waals surface area contributed by atoms with E-state index in [-0.39, 0.29) is 5.92 Å². The molecule has 0 radical (unpaired) electrons. The van der Waals surface area contributed by atoms with Gasteiger partial charge in [-0.25, -0.2) is 9.65 Å². The predicted octanol–water partition coefficient (Wildman–Crippen LogP) is -0.134. The molecule has 7 heteroatoms. The molecule has 0 aliphatic carbocycles. The first-order chi connectivity index (χ1) is 5.78. The van der Waals surface area contributed by atoms with Crippen LogP contribution in [0.4, 0.5) is 0 Å². The largest absolute Gasteiger partial charge is 0.468 e. The van der Waals surface area contributed by atoms with Gasteiger partial charge in [0.1, 0.15) is 6.04 Å². The van der Waals surface area contributed by atoms with Gasteiger partial charge in [-0.05, 0) is 5.92 Å². The molecule has 1 atom stereocenters. The molecule has 0 aliphatic heterocycles. The van der Waals surface area contributed by atoms with Crippen LogP contribution in [0.2, 0.25) is 0 Å². The smallest absolute Gasteiger partial charge is 0.401 e. The third-order valence-electron chi connectivity index (χ3n) is 1.43. The van der Waals surface area contributed by atoms with Crippen molar-refractivity contribution < 1.29 is 23.9 Å². The highest BCUT2D eigenvalue weighted by Gasteiger charge is 2.29. The van der Waals surface area contributed by atoms with Crippen LogP contribution >= 0.6 is 7.75 Å². The lowest BCUT2D eigenvalue weighted by Gasteiger charge is -2.19. The van der Waals surface area contributed by atoms with Gasteiger partial charge in [-0.3, -0.25) is 4.79 Å². The molecule has 0 bridgehead atoms. The standard InChI is InChI=1S/C6H14NO5P/c1-4(2)5(6(8)12-3)7-13(9,10)11/h4-5H,1-3H3,(H3,7,9,10,11)/t5-/m0/s1. The molecule has 6 nitrogen and oxygen atoms in total. The van der Waals surface area contributed by atoms with Gasteiger partial charge >= 0.3 is 13.7 Å². The second kappa shape index (κ2) is 4.72. The first-order valence-corrected chi connectivity index (χ1v) is 5.30. The zero-order valence-electron chi connectivity index (χ0n) is 7.72. The number of methoxy groups -OCH3 is 1. The summed E-state index contributed by atoms with van der Waals surface area (Å²) in [5, 5.41) is 1.90. The van der Waals surface area contributed by atoms with E-state index in [1.807, 2.05) is 5.09 Å². The summed E-state index contributed by atoms with van der Waals surface area (Å²) in [5.74, 6) is -0.932. The molecule has 0 saturated carbocycles. The van der Waals surface area contributed by atoms with Crippen molar-refractivity contribution in [3.63, 3.8) is 0 Å². The van der Waals surface area contributed by atoms with Crippen LogP contribution in [0.25, 0.3) is 0 Å². The Balaban J connectivity index is 4.45. The summed E-state index contributed by atoms with van der Waals surface area (Å²) in [5.41, 5.74) is 0. The highest BCUT2D eigenvalue weighted by Crippen LogP contribution is 2.30. The van der Waals surface area contributed by atoms with Crippen LogP contribution in [0.15, 0.2) is 0 Å². The molecule has 0 aliphatic rings. The Bertz CT molecular complexity index is 223. The second-order valence-electron chi connectivity index (χ2n) is 2.92. The fraction of sp³-hybridized carbons (Fsp3) is 0.833. The fourth-order valence-electron chi connectivity index (χ4n) is 0.782. The van der Waals surface area contributed by atoms with Gasteiger partial charge in [-0.2, -0.15) is 0 Å². The molecule has 0 aromatic heterocycles. The van der Waals surface area contributed by atoms with E-state index >= 15 is 0 Å². The Kier molecular flexibility index (Phi) is 4.56. The van der Waals surface area contributed by atoms with Gasteiger partial charge in [0, 0.05) is 0 Å². The molecule has 0 fully saturated rings. The van der Waals surface area contributed by atoms with Gasteiger partial charge in [0.2, 0.25) is 0 Å². The molecule has 0 rings (SSSR count). The molecule has 0 aromatic carbocycles. The lowest BCUT2D eigenvalue weighted by atomic mass is 10.1. The van der Waals surface area contributed by atoms with Gasteiger partial charge in [0.15, 0.2) is 0 Å². The second-order valence-corrected chi connectivity index (χ2v) is 4.26. The third-order valence-corrected chi connectivity index (χ3v) is 2.04. The maximum atomic E-state index is 11.0. The Hall–Kier alpha value is -0.420. The van der Waals surface area contributed by atoms with Crippen LogP contribution in [0.3, 0.4) is 0 Å². The molecule has 0 heterocycles. The Labute approximate surface area is 76.5 Å². The summed E-state index contributed by atoms with van der Waals surface area (Å²) in [6.45, 7) is 3.31. The first-order valence-electron chi connectivity index (χ1n) is 3.69. The Morgan fingerprint density at radius 1 is 1.46 bits per heavy atom. The Morgan fingerprint density at radius 3 is 2.15 bits per heavy atom. The molecule has 0 spiro atoms. The summed E-state index contributed by atoms with van der Waals surface area (Å²) in [6.07, 6.45) is 0. The van der Waals surface area contributed by atoms with Crippen LogP contribution in [-0.4, -0.2) is 28.9 Å². The van der Waals surface area contributed by atoms with Crippen LogP contribution < -0.4 is 5.09 Å². The summed E-state index contributed by atoms with van der Waals surface area (Å²) < 4.78 is 14.9. The number of hydrogen-bond donors (Lipinski definition) is 3. The zero-order valence-corrected chi connectivity index (χ0v) is 8.62. The summed E-state index contributed by atoms with van der Waals surface area (Å²) in [7, 11) is -3.23. The lowest BCUT2D eigenvalue weighted by Crippen LogP contribution is -2.39. The number of rotatable bonds is 4. The van der Waals surface area contributed by atoms with E-state index < -0.39 is 19.8 Å². The van der Waals surface area contributed by atoms with Gasteiger partial charge in [0.25, 0.3) is 0 Å². The number of hydrogen-bond acceptors (Lipinski definition) is 3. The minimum absolute atomic E-state index is 0.250. The molecule has 3 N–H and O–H groups in total. The van der Waals surface area contributed by atoms with Crippen molar-refractivity contribution in [2.24, 2.45) is 5.92 Å². The van der Waals surface area contributed by atoms with Crippen LogP contribution in [0.5, 0.6) is 0 Å². The molecular formula is C6H14NO5P. The molecule has 78 valence electrons. The van der Waals surface area contributed by atoms with Crippen molar-refractivity contribution in [1.82, 2.24) is 5.09 Å². The van der Waals surface area contributed by atoms with Crippen molar-refractivity contribution in [3.05, 3.63) is 0 Å². The highest BCUT2D eigenvalue weighted by atomic mass is 31.2. The molecule has 0 saturated heterocycles. The topological polar surface area (TPSA) is 95.9 Å². The van der Waals surface area contributed by atoms with E-state index in [0.717, 1.165) is 0 Å². The molecule has 0 unspecified atom stereocenters.